The highest BCUT2D eigenvalue weighted by Gasteiger charge is 2.38. The van der Waals surface area contributed by atoms with Crippen LogP contribution in [0.1, 0.15) is 0 Å². The maximum absolute atomic E-state index is 12.1. The molecule has 0 unspecified atom stereocenters. The summed E-state index contributed by atoms with van der Waals surface area (Å²) in [6.45, 7) is 0. The van der Waals surface area contributed by atoms with E-state index in [-0.39, 0.29) is 5.69 Å². The van der Waals surface area contributed by atoms with Gasteiger partial charge in [0.1, 0.15) is 0 Å². The average molecular weight is 358 g/mol. The minimum atomic E-state index is -4.96. The maximum atomic E-state index is 12.1. The predicted molar refractivity (Wildman–Crippen MR) is 85.2 cm³/mol. The van der Waals surface area contributed by atoms with Crippen molar-refractivity contribution in [2.75, 3.05) is 16.0 Å². The fourth-order valence-corrected chi connectivity index (χ4v) is 1.89. The van der Waals surface area contributed by atoms with Gasteiger partial charge in [-0.25, -0.2) is 4.79 Å². The first-order valence-electron chi connectivity index (χ1n) is 6.56. The summed E-state index contributed by atoms with van der Waals surface area (Å²) < 4.78 is 36.4. The Labute approximate surface area is 139 Å². The molecule has 0 spiro atoms. The second kappa shape index (κ2) is 7.22. The van der Waals surface area contributed by atoms with Crippen LogP contribution in [0.25, 0.3) is 0 Å². The lowest BCUT2D eigenvalue weighted by molar-refractivity contribution is -0.167. The maximum Gasteiger partial charge on any atom is 0.471 e. The number of rotatable bonds is 3. The first-order chi connectivity index (χ1) is 11.2. The average Bonchev–Trinajstić information content (AvgIpc) is 2.48. The number of carbonyl (C=O) groups is 2. The summed E-state index contributed by atoms with van der Waals surface area (Å²) in [6.07, 6.45) is -4.96. The topological polar surface area (TPSA) is 70.2 Å². The highest BCUT2D eigenvalue weighted by atomic mass is 35.5. The Morgan fingerprint density at radius 3 is 1.92 bits per heavy atom. The number of hydrogen-bond acceptors (Lipinski definition) is 2. The fraction of sp³-hybridized carbons (Fsp3) is 0.0667. The van der Waals surface area contributed by atoms with Crippen molar-refractivity contribution in [3.05, 3.63) is 53.6 Å². The van der Waals surface area contributed by atoms with Gasteiger partial charge in [-0.15, -0.1) is 0 Å². The number of nitrogens with one attached hydrogen (secondary N) is 3. The van der Waals surface area contributed by atoms with Crippen LogP contribution < -0.4 is 16.0 Å². The number of alkyl halides is 3. The Balaban J connectivity index is 1.94. The molecule has 0 aliphatic carbocycles. The van der Waals surface area contributed by atoms with Crippen LogP contribution in [0.4, 0.5) is 35.0 Å². The zero-order chi connectivity index (χ0) is 17.7. The molecule has 0 aliphatic rings. The normalized spacial score (nSPS) is 10.8. The van der Waals surface area contributed by atoms with Gasteiger partial charge in [-0.1, -0.05) is 17.7 Å². The van der Waals surface area contributed by atoms with Gasteiger partial charge in [0.2, 0.25) is 0 Å². The molecule has 2 aromatic rings. The van der Waals surface area contributed by atoms with Crippen LogP contribution in [-0.2, 0) is 4.79 Å². The number of benzene rings is 2. The Morgan fingerprint density at radius 2 is 1.38 bits per heavy atom. The van der Waals surface area contributed by atoms with E-state index in [1.165, 1.54) is 24.3 Å². The van der Waals surface area contributed by atoms with Gasteiger partial charge in [-0.05, 0) is 42.5 Å². The molecule has 0 saturated heterocycles. The SMILES string of the molecule is O=C(Nc1ccc(NC(=O)C(F)(F)F)cc1)Nc1cccc(Cl)c1. The van der Waals surface area contributed by atoms with Crippen LogP contribution in [-0.4, -0.2) is 18.1 Å². The fourth-order valence-electron chi connectivity index (χ4n) is 1.70. The quantitative estimate of drug-likeness (QED) is 0.757. The summed E-state index contributed by atoms with van der Waals surface area (Å²) in [5.41, 5.74) is 0.770. The molecule has 126 valence electrons. The van der Waals surface area contributed by atoms with Crippen LogP contribution in [0.15, 0.2) is 48.5 Å². The number of halogens is 4. The smallest absolute Gasteiger partial charge is 0.318 e. The van der Waals surface area contributed by atoms with E-state index >= 15 is 0 Å². The zero-order valence-electron chi connectivity index (χ0n) is 11.9. The molecule has 0 bridgehead atoms. The molecule has 3 N–H and O–H groups in total. The van der Waals surface area contributed by atoms with Crippen molar-refractivity contribution in [2.24, 2.45) is 0 Å². The van der Waals surface area contributed by atoms with Crippen LogP contribution in [0.2, 0.25) is 5.02 Å². The van der Waals surface area contributed by atoms with E-state index < -0.39 is 18.1 Å². The minimum absolute atomic E-state index is 0.0434. The van der Waals surface area contributed by atoms with E-state index in [1.54, 1.807) is 29.6 Å². The largest absolute Gasteiger partial charge is 0.471 e. The number of amides is 3. The van der Waals surface area contributed by atoms with Gasteiger partial charge in [0.15, 0.2) is 0 Å². The van der Waals surface area contributed by atoms with Gasteiger partial charge in [0, 0.05) is 22.1 Å². The van der Waals surface area contributed by atoms with Crippen LogP contribution in [0.3, 0.4) is 0 Å². The molecule has 5 nitrogen and oxygen atoms in total. The van der Waals surface area contributed by atoms with Gasteiger partial charge >= 0.3 is 18.1 Å². The molecular formula is C15H11ClF3N3O2. The van der Waals surface area contributed by atoms with E-state index in [2.05, 4.69) is 10.6 Å². The lowest BCUT2D eigenvalue weighted by Gasteiger charge is -2.10. The Kier molecular flexibility index (Phi) is 5.30. The van der Waals surface area contributed by atoms with Gasteiger partial charge in [-0.2, -0.15) is 13.2 Å². The second-order valence-electron chi connectivity index (χ2n) is 4.62. The summed E-state index contributed by atoms with van der Waals surface area (Å²) in [5.74, 6) is -2.07. The van der Waals surface area contributed by atoms with Crippen molar-refractivity contribution in [2.45, 2.75) is 6.18 Å². The molecule has 2 aromatic carbocycles. The molecule has 24 heavy (non-hydrogen) atoms. The highest BCUT2D eigenvalue weighted by Crippen LogP contribution is 2.20. The van der Waals surface area contributed by atoms with Crippen LogP contribution in [0, 0.1) is 0 Å². The summed E-state index contributed by atoms with van der Waals surface area (Å²) >= 11 is 5.79. The van der Waals surface area contributed by atoms with Crippen LogP contribution in [0.5, 0.6) is 0 Å². The first kappa shape index (κ1) is 17.6. The minimum Gasteiger partial charge on any atom is -0.318 e. The number of carbonyl (C=O) groups excluding carboxylic acids is 2. The molecule has 2 rings (SSSR count). The van der Waals surface area contributed by atoms with Gasteiger partial charge < -0.3 is 16.0 Å². The highest BCUT2D eigenvalue weighted by molar-refractivity contribution is 6.30. The summed E-state index contributed by atoms with van der Waals surface area (Å²) in [7, 11) is 0. The van der Waals surface area contributed by atoms with E-state index in [9.17, 15) is 22.8 Å². The molecule has 0 radical (unpaired) electrons. The Bertz CT molecular complexity index is 748. The summed E-state index contributed by atoms with van der Waals surface area (Å²) in [4.78, 5) is 22.6. The molecule has 9 heteroatoms. The first-order valence-corrected chi connectivity index (χ1v) is 6.93. The molecule has 0 atom stereocenters. The third kappa shape index (κ3) is 5.17. The molecule has 0 aliphatic heterocycles. The third-order valence-corrected chi connectivity index (χ3v) is 2.98. The zero-order valence-corrected chi connectivity index (χ0v) is 12.7. The van der Waals surface area contributed by atoms with E-state index in [0.717, 1.165) is 0 Å². The number of anilines is 3. The van der Waals surface area contributed by atoms with Crippen molar-refractivity contribution in [1.82, 2.24) is 0 Å². The van der Waals surface area contributed by atoms with E-state index in [4.69, 9.17) is 11.6 Å². The van der Waals surface area contributed by atoms with Crippen molar-refractivity contribution in [3.8, 4) is 0 Å². The summed E-state index contributed by atoms with van der Waals surface area (Å²) in [6, 6.07) is 11.1. The number of urea groups is 1. The third-order valence-electron chi connectivity index (χ3n) is 2.74. The van der Waals surface area contributed by atoms with Crippen molar-refractivity contribution < 1.29 is 22.8 Å². The summed E-state index contributed by atoms with van der Waals surface area (Å²) in [5, 5.41) is 7.20. The molecular weight excluding hydrogens is 347 g/mol. The molecule has 0 saturated carbocycles. The van der Waals surface area contributed by atoms with Gasteiger partial charge in [0.05, 0.1) is 0 Å². The lowest BCUT2D eigenvalue weighted by atomic mass is 10.2. The van der Waals surface area contributed by atoms with Gasteiger partial charge in [0.25, 0.3) is 0 Å². The Hall–Kier alpha value is -2.74. The van der Waals surface area contributed by atoms with Crippen LogP contribution >= 0.6 is 11.6 Å². The monoisotopic (exact) mass is 357 g/mol. The van der Waals surface area contributed by atoms with Crippen molar-refractivity contribution >= 4 is 40.6 Å². The molecule has 0 aromatic heterocycles. The second-order valence-corrected chi connectivity index (χ2v) is 5.06. The van der Waals surface area contributed by atoms with Gasteiger partial charge in [-0.3, -0.25) is 4.79 Å². The standard InChI is InChI=1S/C15H11ClF3N3O2/c16-9-2-1-3-12(8-9)22-14(24)21-11-6-4-10(5-7-11)20-13(23)15(17,18)19/h1-8H,(H,20,23)(H2,21,22,24). The molecule has 0 heterocycles. The number of hydrogen-bond donors (Lipinski definition) is 3. The Morgan fingerprint density at radius 1 is 0.833 bits per heavy atom. The lowest BCUT2D eigenvalue weighted by Crippen LogP contribution is -2.29. The van der Waals surface area contributed by atoms with E-state index in [1.807, 2.05) is 0 Å². The van der Waals surface area contributed by atoms with E-state index in [0.29, 0.717) is 16.4 Å². The van der Waals surface area contributed by atoms with Crippen molar-refractivity contribution in [3.63, 3.8) is 0 Å². The van der Waals surface area contributed by atoms with Crippen molar-refractivity contribution in [1.29, 1.82) is 0 Å². The molecule has 0 fully saturated rings. The molecule has 3 amide bonds. The predicted octanol–water partition coefficient (Wildman–Crippen LogP) is 4.48.